The third kappa shape index (κ3) is 4.59. The molecule has 0 fully saturated rings. The van der Waals surface area contributed by atoms with Crippen LogP contribution < -0.4 is 10.9 Å². The van der Waals surface area contributed by atoms with Crippen molar-refractivity contribution in [2.75, 3.05) is 0 Å². The second kappa shape index (κ2) is 7.87. The fraction of sp³-hybridized carbons (Fsp3) is 0.250. The van der Waals surface area contributed by atoms with Crippen molar-refractivity contribution in [2.45, 2.75) is 33.1 Å². The minimum atomic E-state index is -4.93. The summed E-state index contributed by atoms with van der Waals surface area (Å²) in [6, 6.07) is 9.78. The predicted molar refractivity (Wildman–Crippen MR) is 104 cm³/mol. The number of alkyl halides is 3. The van der Waals surface area contributed by atoms with Crippen LogP contribution in [0.25, 0.3) is 11.0 Å². The molecular weight excluding hydrogens is 407 g/mol. The number of halogens is 4. The topological polar surface area (TPSA) is 64.0 Å². The lowest BCUT2D eigenvalue weighted by Crippen LogP contribution is -2.36. The summed E-state index contributed by atoms with van der Waals surface area (Å²) in [4.78, 5) is 28.3. The fourth-order valence-electron chi connectivity index (χ4n) is 2.84. The van der Waals surface area contributed by atoms with Crippen molar-refractivity contribution in [3.63, 3.8) is 0 Å². The van der Waals surface area contributed by atoms with Crippen molar-refractivity contribution in [1.29, 1.82) is 0 Å². The number of carbonyl (C=O) groups is 1. The number of aromatic nitrogens is 2. The summed E-state index contributed by atoms with van der Waals surface area (Å²) < 4.78 is 40.7. The van der Waals surface area contributed by atoms with Gasteiger partial charge < -0.3 is 5.32 Å². The summed E-state index contributed by atoms with van der Waals surface area (Å²) in [6.45, 7) is 3.09. The van der Waals surface area contributed by atoms with E-state index in [1.165, 1.54) is 6.07 Å². The Bertz CT molecular complexity index is 1140. The molecule has 0 saturated carbocycles. The van der Waals surface area contributed by atoms with Crippen molar-refractivity contribution >= 4 is 28.5 Å². The van der Waals surface area contributed by atoms with E-state index in [9.17, 15) is 22.8 Å². The first-order valence-electron chi connectivity index (χ1n) is 8.66. The Labute approximate surface area is 169 Å². The monoisotopic (exact) mass is 423 g/mol. The smallest absolute Gasteiger partial charge is 0.350 e. The van der Waals surface area contributed by atoms with Gasteiger partial charge >= 0.3 is 6.18 Å². The van der Waals surface area contributed by atoms with E-state index >= 15 is 0 Å². The second-order valence-corrected chi connectivity index (χ2v) is 7.11. The molecule has 1 heterocycles. The van der Waals surface area contributed by atoms with Crippen LogP contribution in [-0.4, -0.2) is 15.5 Å². The first-order valence-corrected chi connectivity index (χ1v) is 9.04. The predicted octanol–water partition coefficient (Wildman–Crippen LogP) is 4.00. The molecule has 29 heavy (non-hydrogen) atoms. The van der Waals surface area contributed by atoms with Gasteiger partial charge in [0.1, 0.15) is 6.54 Å². The van der Waals surface area contributed by atoms with Crippen LogP contribution in [0, 0.1) is 13.8 Å². The maximum absolute atomic E-state index is 13.3. The molecule has 0 spiro atoms. The molecule has 0 atom stereocenters. The Balaban J connectivity index is 1.97. The molecule has 1 amide bonds. The molecule has 0 radical (unpaired) electrons. The highest BCUT2D eigenvalue weighted by atomic mass is 35.5. The number of carbonyl (C=O) groups excluding carboxylic acids is 1. The average Bonchev–Trinajstić information content (AvgIpc) is 2.64. The van der Waals surface area contributed by atoms with E-state index in [0.717, 1.165) is 21.3 Å². The van der Waals surface area contributed by atoms with Crippen LogP contribution in [0.5, 0.6) is 0 Å². The van der Waals surface area contributed by atoms with E-state index in [2.05, 4.69) is 10.3 Å². The minimum Gasteiger partial charge on any atom is -0.350 e. The molecule has 1 N–H and O–H groups in total. The zero-order valence-corrected chi connectivity index (χ0v) is 16.4. The summed E-state index contributed by atoms with van der Waals surface area (Å²) in [7, 11) is 0. The van der Waals surface area contributed by atoms with Gasteiger partial charge in [-0.1, -0.05) is 23.7 Å². The fourth-order valence-corrected chi connectivity index (χ4v) is 2.97. The molecule has 3 rings (SSSR count). The largest absolute Gasteiger partial charge is 0.438 e. The highest BCUT2D eigenvalue weighted by Gasteiger charge is 2.37. The summed E-state index contributed by atoms with van der Waals surface area (Å²) in [5.41, 5.74) is -0.451. The van der Waals surface area contributed by atoms with Crippen molar-refractivity contribution in [2.24, 2.45) is 0 Å². The van der Waals surface area contributed by atoms with Gasteiger partial charge in [0.15, 0.2) is 0 Å². The number of aryl methyl sites for hydroxylation is 2. The molecule has 0 aliphatic rings. The number of nitrogens with zero attached hydrogens (tertiary/aromatic N) is 2. The molecular formula is C20H17ClF3N3O2. The van der Waals surface area contributed by atoms with Crippen LogP contribution in [0.1, 0.15) is 22.4 Å². The first-order chi connectivity index (χ1) is 13.6. The molecule has 5 nitrogen and oxygen atoms in total. The molecule has 3 aromatic rings. The van der Waals surface area contributed by atoms with Crippen molar-refractivity contribution < 1.29 is 18.0 Å². The maximum atomic E-state index is 13.3. The number of benzene rings is 2. The Morgan fingerprint density at radius 2 is 1.76 bits per heavy atom. The third-order valence-corrected chi connectivity index (χ3v) is 4.79. The number of nitrogens with one attached hydrogen (secondary N) is 1. The minimum absolute atomic E-state index is 0.00512. The average molecular weight is 424 g/mol. The van der Waals surface area contributed by atoms with Crippen LogP contribution in [0.2, 0.25) is 5.02 Å². The van der Waals surface area contributed by atoms with E-state index in [4.69, 9.17) is 11.6 Å². The van der Waals surface area contributed by atoms with Crippen molar-refractivity contribution in [3.8, 4) is 0 Å². The maximum Gasteiger partial charge on any atom is 0.438 e. The summed E-state index contributed by atoms with van der Waals surface area (Å²) in [5.74, 6) is -0.596. The molecule has 0 saturated heterocycles. The lowest BCUT2D eigenvalue weighted by molar-refractivity contribution is -0.142. The van der Waals surface area contributed by atoms with Crippen molar-refractivity contribution in [3.05, 3.63) is 74.2 Å². The number of amides is 1. The first kappa shape index (κ1) is 20.9. The zero-order chi connectivity index (χ0) is 21.3. The summed E-state index contributed by atoms with van der Waals surface area (Å²) >= 11 is 5.81. The van der Waals surface area contributed by atoms with Gasteiger partial charge in [-0.05, 0) is 54.8 Å². The summed E-state index contributed by atoms with van der Waals surface area (Å²) in [5, 5.41) is 3.14. The SMILES string of the molecule is Cc1cc2nc(C(F)(F)F)c(=O)n(CC(=O)NCc3ccc(Cl)cc3)c2cc1C. The van der Waals surface area contributed by atoms with Gasteiger partial charge in [0.2, 0.25) is 11.6 Å². The number of rotatable bonds is 4. The van der Waals surface area contributed by atoms with E-state index in [-0.39, 0.29) is 17.6 Å². The normalized spacial score (nSPS) is 11.7. The molecule has 152 valence electrons. The van der Waals surface area contributed by atoms with Crippen LogP contribution in [0.4, 0.5) is 13.2 Å². The van der Waals surface area contributed by atoms with E-state index in [1.807, 2.05) is 0 Å². The summed E-state index contributed by atoms with van der Waals surface area (Å²) in [6.07, 6.45) is -4.93. The van der Waals surface area contributed by atoms with E-state index in [0.29, 0.717) is 5.02 Å². The molecule has 2 aromatic carbocycles. The lowest BCUT2D eigenvalue weighted by atomic mass is 10.1. The number of hydrogen-bond acceptors (Lipinski definition) is 3. The second-order valence-electron chi connectivity index (χ2n) is 6.68. The van der Waals surface area contributed by atoms with Gasteiger partial charge in [0.05, 0.1) is 11.0 Å². The van der Waals surface area contributed by atoms with Gasteiger partial charge in [-0.3, -0.25) is 14.2 Å². The lowest BCUT2D eigenvalue weighted by Gasteiger charge is -2.15. The molecule has 0 bridgehead atoms. The molecule has 1 aromatic heterocycles. The van der Waals surface area contributed by atoms with Crippen LogP contribution >= 0.6 is 11.6 Å². The van der Waals surface area contributed by atoms with E-state index < -0.39 is 29.9 Å². The highest BCUT2D eigenvalue weighted by molar-refractivity contribution is 6.30. The van der Waals surface area contributed by atoms with Gasteiger partial charge in [0, 0.05) is 11.6 Å². The molecule has 9 heteroatoms. The Morgan fingerprint density at radius 3 is 2.38 bits per heavy atom. The Kier molecular flexibility index (Phi) is 5.66. The van der Waals surface area contributed by atoms with Gasteiger partial charge in [-0.2, -0.15) is 13.2 Å². The Morgan fingerprint density at radius 1 is 1.14 bits per heavy atom. The third-order valence-electron chi connectivity index (χ3n) is 4.53. The molecule has 0 unspecified atom stereocenters. The standard InChI is InChI=1S/C20H17ClF3N3O2/c1-11-7-15-16(8-12(11)2)27(19(29)18(26-15)20(22,23)24)10-17(28)25-9-13-3-5-14(21)6-4-13/h3-8H,9-10H2,1-2H3,(H,25,28). The van der Waals surface area contributed by atoms with Gasteiger partial charge in [0.25, 0.3) is 5.56 Å². The van der Waals surface area contributed by atoms with E-state index in [1.54, 1.807) is 44.2 Å². The highest BCUT2D eigenvalue weighted by Crippen LogP contribution is 2.27. The quantitative estimate of drug-likeness (QED) is 0.689. The number of fused-ring (bicyclic) bond motifs is 1. The number of hydrogen-bond donors (Lipinski definition) is 1. The Hall–Kier alpha value is -2.87. The van der Waals surface area contributed by atoms with Crippen molar-refractivity contribution in [1.82, 2.24) is 14.9 Å². The van der Waals surface area contributed by atoms with Crippen LogP contribution in [-0.2, 0) is 24.1 Å². The van der Waals surface area contributed by atoms with Gasteiger partial charge in [-0.15, -0.1) is 0 Å². The van der Waals surface area contributed by atoms with Gasteiger partial charge in [-0.25, -0.2) is 4.98 Å². The molecule has 0 aliphatic carbocycles. The van der Waals surface area contributed by atoms with Crippen LogP contribution in [0.15, 0.2) is 41.2 Å². The molecule has 0 aliphatic heterocycles. The zero-order valence-electron chi connectivity index (χ0n) is 15.6. The van der Waals surface area contributed by atoms with Crippen LogP contribution in [0.3, 0.4) is 0 Å².